The summed E-state index contributed by atoms with van der Waals surface area (Å²) in [5.74, 6) is 1.90. The Bertz CT molecular complexity index is 478. The Morgan fingerprint density at radius 2 is 1.79 bits per heavy atom. The van der Waals surface area contributed by atoms with E-state index in [1.54, 1.807) is 6.92 Å². The minimum Gasteiger partial charge on any atom is -0.370 e. The van der Waals surface area contributed by atoms with Crippen LogP contribution in [0.2, 0.25) is 0 Å². The van der Waals surface area contributed by atoms with Gasteiger partial charge in [0.25, 0.3) is 0 Å². The molecule has 19 heavy (non-hydrogen) atoms. The summed E-state index contributed by atoms with van der Waals surface area (Å²) < 4.78 is 1.06. The second-order valence-corrected chi connectivity index (χ2v) is 6.87. The Balaban J connectivity index is 1.80. The van der Waals surface area contributed by atoms with E-state index in [2.05, 4.69) is 26.9 Å². The molecule has 2 fully saturated rings. The largest absolute Gasteiger partial charge is 0.370 e. The Morgan fingerprint density at radius 3 is 2.21 bits per heavy atom. The summed E-state index contributed by atoms with van der Waals surface area (Å²) in [5.41, 5.74) is 2.04. The molecule has 0 unspecified atom stereocenters. The highest BCUT2D eigenvalue weighted by molar-refractivity contribution is 9.10. The Kier molecular flexibility index (Phi) is 3.66. The fraction of sp³-hybridized carbons (Fsp3) is 0.562. The van der Waals surface area contributed by atoms with E-state index in [-0.39, 0.29) is 5.78 Å². The fourth-order valence-electron chi connectivity index (χ4n) is 2.48. The van der Waals surface area contributed by atoms with Gasteiger partial charge >= 0.3 is 0 Å². The highest BCUT2D eigenvalue weighted by atomic mass is 79.9. The van der Waals surface area contributed by atoms with Crippen LogP contribution in [0.1, 0.15) is 43.0 Å². The average molecular weight is 322 g/mol. The summed E-state index contributed by atoms with van der Waals surface area (Å²) >= 11 is 3.64. The zero-order chi connectivity index (χ0) is 13.4. The maximum absolute atomic E-state index is 11.4. The second-order valence-electron chi connectivity index (χ2n) is 6.01. The van der Waals surface area contributed by atoms with Crippen LogP contribution < -0.4 is 4.90 Å². The van der Waals surface area contributed by atoms with Crippen LogP contribution in [0.3, 0.4) is 0 Å². The lowest BCUT2D eigenvalue weighted by molar-refractivity contribution is 0.101. The number of halogens is 1. The molecule has 0 amide bonds. The van der Waals surface area contributed by atoms with Crippen molar-refractivity contribution in [1.82, 2.24) is 0 Å². The maximum Gasteiger partial charge on any atom is 0.159 e. The Hall–Kier alpha value is -0.830. The molecule has 0 spiro atoms. The molecule has 0 heterocycles. The molecule has 2 aliphatic rings. The van der Waals surface area contributed by atoms with Crippen molar-refractivity contribution in [3.8, 4) is 0 Å². The number of Topliss-reactive ketones (excluding diaryl/α,β-unsaturated/α-hetero) is 1. The molecule has 0 atom stereocenters. The van der Waals surface area contributed by atoms with Crippen LogP contribution in [0.5, 0.6) is 0 Å². The van der Waals surface area contributed by atoms with E-state index < -0.39 is 0 Å². The van der Waals surface area contributed by atoms with E-state index in [1.807, 2.05) is 12.1 Å². The number of carbonyl (C=O) groups excluding carboxylic acids is 1. The molecule has 0 bridgehead atoms. The van der Waals surface area contributed by atoms with Gasteiger partial charge in [0.15, 0.2) is 5.78 Å². The van der Waals surface area contributed by atoms with Gasteiger partial charge in [-0.1, -0.05) is 0 Å². The molecule has 0 aromatic heterocycles. The first kappa shape index (κ1) is 13.2. The lowest BCUT2D eigenvalue weighted by Crippen LogP contribution is -2.28. The monoisotopic (exact) mass is 321 g/mol. The van der Waals surface area contributed by atoms with Crippen LogP contribution in [-0.4, -0.2) is 18.9 Å². The van der Waals surface area contributed by atoms with Crippen LogP contribution in [-0.2, 0) is 0 Å². The number of anilines is 1. The molecule has 0 radical (unpaired) electrons. The zero-order valence-electron chi connectivity index (χ0n) is 11.4. The molecule has 3 rings (SSSR count). The quantitative estimate of drug-likeness (QED) is 0.729. The van der Waals surface area contributed by atoms with E-state index in [1.165, 1.54) is 44.5 Å². The fourth-order valence-corrected chi connectivity index (χ4v) is 3.11. The van der Waals surface area contributed by atoms with E-state index >= 15 is 0 Å². The molecule has 3 heteroatoms. The topological polar surface area (TPSA) is 20.3 Å². The Labute approximate surface area is 123 Å². The lowest BCUT2D eigenvalue weighted by atomic mass is 10.1. The summed E-state index contributed by atoms with van der Waals surface area (Å²) in [6.07, 6.45) is 5.52. The number of hydrogen-bond donors (Lipinski definition) is 0. The summed E-state index contributed by atoms with van der Waals surface area (Å²) in [6, 6.07) is 6.02. The van der Waals surface area contributed by atoms with Crippen molar-refractivity contribution in [1.29, 1.82) is 0 Å². The van der Waals surface area contributed by atoms with Gasteiger partial charge in [-0.15, -0.1) is 0 Å². The van der Waals surface area contributed by atoms with E-state index in [4.69, 9.17) is 0 Å². The van der Waals surface area contributed by atoms with Crippen molar-refractivity contribution < 1.29 is 4.79 Å². The highest BCUT2D eigenvalue weighted by Gasteiger charge is 2.30. The number of rotatable bonds is 6. The maximum atomic E-state index is 11.4. The van der Waals surface area contributed by atoms with Gasteiger partial charge < -0.3 is 4.90 Å². The van der Waals surface area contributed by atoms with E-state index in [0.717, 1.165) is 21.9 Å². The van der Waals surface area contributed by atoms with Crippen molar-refractivity contribution in [2.45, 2.75) is 32.6 Å². The minimum atomic E-state index is 0.128. The number of hydrogen-bond acceptors (Lipinski definition) is 2. The first-order chi connectivity index (χ1) is 9.13. The standard InChI is InChI=1S/C16H20BrNO/c1-11(19)14-6-7-16(15(17)8-14)18(9-12-2-3-12)10-13-4-5-13/h6-8,12-13H,2-5,9-10H2,1H3. The molecule has 0 saturated heterocycles. The molecule has 0 aliphatic heterocycles. The van der Waals surface area contributed by atoms with Crippen LogP contribution >= 0.6 is 15.9 Å². The molecule has 0 N–H and O–H groups in total. The molecule has 1 aromatic carbocycles. The van der Waals surface area contributed by atoms with Gasteiger partial charge in [-0.05, 0) is 78.6 Å². The molecule has 2 saturated carbocycles. The average Bonchev–Trinajstić information content (AvgIpc) is 3.23. The molecule has 2 nitrogen and oxygen atoms in total. The van der Waals surface area contributed by atoms with Crippen molar-refractivity contribution in [2.24, 2.45) is 11.8 Å². The van der Waals surface area contributed by atoms with E-state index in [0.29, 0.717) is 0 Å². The van der Waals surface area contributed by atoms with Gasteiger partial charge in [0, 0.05) is 23.1 Å². The summed E-state index contributed by atoms with van der Waals surface area (Å²) in [5, 5.41) is 0. The smallest absolute Gasteiger partial charge is 0.159 e. The van der Waals surface area contributed by atoms with E-state index in [9.17, 15) is 4.79 Å². The third-order valence-corrected chi connectivity index (χ3v) is 4.68. The molecule has 2 aliphatic carbocycles. The van der Waals surface area contributed by atoms with Crippen molar-refractivity contribution in [3.05, 3.63) is 28.2 Å². The first-order valence-electron chi connectivity index (χ1n) is 7.19. The predicted molar refractivity (Wildman–Crippen MR) is 81.8 cm³/mol. The van der Waals surface area contributed by atoms with Gasteiger partial charge in [0.1, 0.15) is 0 Å². The van der Waals surface area contributed by atoms with Crippen molar-refractivity contribution in [3.63, 3.8) is 0 Å². The summed E-state index contributed by atoms with van der Waals surface area (Å²) in [4.78, 5) is 13.9. The van der Waals surface area contributed by atoms with Crippen LogP contribution in [0, 0.1) is 11.8 Å². The summed E-state index contributed by atoms with van der Waals surface area (Å²) in [6.45, 7) is 3.97. The minimum absolute atomic E-state index is 0.128. The number of ketones is 1. The van der Waals surface area contributed by atoms with Crippen molar-refractivity contribution in [2.75, 3.05) is 18.0 Å². The van der Waals surface area contributed by atoms with Crippen LogP contribution in [0.4, 0.5) is 5.69 Å². The number of carbonyl (C=O) groups is 1. The molecular weight excluding hydrogens is 302 g/mol. The zero-order valence-corrected chi connectivity index (χ0v) is 12.9. The van der Waals surface area contributed by atoms with Gasteiger partial charge in [0.05, 0.1) is 5.69 Å². The van der Waals surface area contributed by atoms with Crippen LogP contribution in [0.25, 0.3) is 0 Å². The molecule has 102 valence electrons. The molecule has 1 aromatic rings. The van der Waals surface area contributed by atoms with Crippen LogP contribution in [0.15, 0.2) is 22.7 Å². The number of benzene rings is 1. The van der Waals surface area contributed by atoms with Gasteiger partial charge in [0.2, 0.25) is 0 Å². The summed E-state index contributed by atoms with van der Waals surface area (Å²) in [7, 11) is 0. The normalized spacial score (nSPS) is 18.4. The lowest BCUT2D eigenvalue weighted by Gasteiger charge is -2.26. The first-order valence-corrected chi connectivity index (χ1v) is 7.98. The third kappa shape index (κ3) is 3.38. The third-order valence-electron chi connectivity index (χ3n) is 4.05. The predicted octanol–water partition coefficient (Wildman–Crippen LogP) is 4.28. The van der Waals surface area contributed by atoms with Crippen molar-refractivity contribution >= 4 is 27.4 Å². The van der Waals surface area contributed by atoms with Gasteiger partial charge in [-0.3, -0.25) is 4.79 Å². The highest BCUT2D eigenvalue weighted by Crippen LogP contribution is 2.38. The second kappa shape index (κ2) is 5.28. The molecular formula is C16H20BrNO. The van der Waals surface area contributed by atoms with Gasteiger partial charge in [-0.2, -0.15) is 0 Å². The van der Waals surface area contributed by atoms with Gasteiger partial charge in [-0.25, -0.2) is 0 Å². The number of nitrogens with zero attached hydrogens (tertiary/aromatic N) is 1. The SMILES string of the molecule is CC(=O)c1ccc(N(CC2CC2)CC2CC2)c(Br)c1. The Morgan fingerprint density at radius 1 is 1.21 bits per heavy atom.